The molecule has 6 nitrogen and oxygen atoms in total. The molecule has 0 bridgehead atoms. The van der Waals surface area contributed by atoms with Gasteiger partial charge in [0.2, 0.25) is 5.91 Å². The summed E-state index contributed by atoms with van der Waals surface area (Å²) in [5, 5.41) is 2.81. The van der Waals surface area contributed by atoms with Gasteiger partial charge in [-0.15, -0.1) is 0 Å². The van der Waals surface area contributed by atoms with Crippen LogP contribution in [0.1, 0.15) is 11.1 Å². The maximum Gasteiger partial charge on any atom is 0.262 e. The molecule has 0 fully saturated rings. The maximum atomic E-state index is 12.6. The predicted molar refractivity (Wildman–Crippen MR) is 119 cm³/mol. The molecule has 0 radical (unpaired) electrons. The molecule has 7 heteroatoms. The third kappa shape index (κ3) is 5.27. The molecule has 2 N–H and O–H groups in total. The fourth-order valence-corrected chi connectivity index (χ4v) is 3.82. The van der Waals surface area contributed by atoms with E-state index in [1.807, 2.05) is 31.2 Å². The first-order valence-corrected chi connectivity index (χ1v) is 10.7. The first-order chi connectivity index (χ1) is 14.4. The number of carbonyl (C=O) groups is 1. The van der Waals surface area contributed by atoms with Gasteiger partial charge in [0.15, 0.2) is 0 Å². The molecule has 3 rings (SSSR count). The lowest BCUT2D eigenvalue weighted by Gasteiger charge is -2.11. The summed E-state index contributed by atoms with van der Waals surface area (Å²) in [7, 11) is -2.30. The number of rotatable bonds is 7. The number of para-hydroxylation sites is 3. The van der Waals surface area contributed by atoms with E-state index < -0.39 is 10.0 Å². The molecular formula is C23H22N2O4S. The van der Waals surface area contributed by atoms with Crippen LogP contribution in [0.3, 0.4) is 0 Å². The van der Waals surface area contributed by atoms with Gasteiger partial charge in [0.25, 0.3) is 10.0 Å². The Hall–Kier alpha value is -3.58. The van der Waals surface area contributed by atoms with Gasteiger partial charge in [-0.25, -0.2) is 8.42 Å². The number of nitrogens with one attached hydrogen (secondary N) is 2. The van der Waals surface area contributed by atoms with E-state index in [2.05, 4.69) is 10.0 Å². The minimum atomic E-state index is -3.77. The van der Waals surface area contributed by atoms with Crippen molar-refractivity contribution < 1.29 is 17.9 Å². The first kappa shape index (κ1) is 21.1. The highest BCUT2D eigenvalue weighted by Crippen LogP contribution is 2.26. The van der Waals surface area contributed by atoms with Gasteiger partial charge in [-0.2, -0.15) is 0 Å². The Balaban J connectivity index is 1.69. The monoisotopic (exact) mass is 422 g/mol. The number of methoxy groups -OCH3 is 1. The molecule has 30 heavy (non-hydrogen) atoms. The number of sulfonamides is 1. The third-order valence-electron chi connectivity index (χ3n) is 4.37. The quantitative estimate of drug-likeness (QED) is 0.551. The molecule has 0 aromatic heterocycles. The molecule has 0 saturated heterocycles. The zero-order chi connectivity index (χ0) is 21.6. The minimum Gasteiger partial charge on any atom is -0.495 e. The van der Waals surface area contributed by atoms with Gasteiger partial charge >= 0.3 is 0 Å². The van der Waals surface area contributed by atoms with Gasteiger partial charge in [-0.1, -0.05) is 42.5 Å². The van der Waals surface area contributed by atoms with Crippen LogP contribution in [0, 0.1) is 6.92 Å². The van der Waals surface area contributed by atoms with Crippen molar-refractivity contribution >= 4 is 33.4 Å². The van der Waals surface area contributed by atoms with E-state index in [9.17, 15) is 13.2 Å². The van der Waals surface area contributed by atoms with Crippen LogP contribution in [-0.4, -0.2) is 21.4 Å². The largest absolute Gasteiger partial charge is 0.495 e. The Kier molecular flexibility index (Phi) is 6.54. The second-order valence-electron chi connectivity index (χ2n) is 6.51. The molecule has 0 spiro atoms. The molecule has 0 atom stereocenters. The molecule has 0 saturated carbocycles. The van der Waals surface area contributed by atoms with Crippen molar-refractivity contribution in [3.63, 3.8) is 0 Å². The molecule has 0 aliphatic rings. The summed E-state index contributed by atoms with van der Waals surface area (Å²) < 4.78 is 33.0. The van der Waals surface area contributed by atoms with Gasteiger partial charge in [-0.3, -0.25) is 9.52 Å². The van der Waals surface area contributed by atoms with Crippen LogP contribution in [0.2, 0.25) is 0 Å². The van der Waals surface area contributed by atoms with E-state index in [0.29, 0.717) is 17.0 Å². The van der Waals surface area contributed by atoms with E-state index in [1.54, 1.807) is 42.5 Å². The SMILES string of the molecule is COc1ccccc1NS(=O)(=O)c1ccc(/C=C/C(=O)Nc2ccccc2C)cc1. The summed E-state index contributed by atoms with van der Waals surface area (Å²) in [6.45, 7) is 1.91. The molecule has 0 aliphatic carbocycles. The second kappa shape index (κ2) is 9.28. The number of ether oxygens (including phenoxy) is 1. The van der Waals surface area contributed by atoms with Crippen LogP contribution >= 0.6 is 0 Å². The summed E-state index contributed by atoms with van der Waals surface area (Å²) in [4.78, 5) is 12.2. The van der Waals surface area contributed by atoms with Crippen molar-refractivity contribution in [3.8, 4) is 5.75 Å². The normalized spacial score (nSPS) is 11.3. The molecule has 3 aromatic carbocycles. The predicted octanol–water partition coefficient (Wildman–Crippen LogP) is 4.46. The molecule has 154 valence electrons. The van der Waals surface area contributed by atoms with Gasteiger partial charge in [0.1, 0.15) is 5.75 Å². The number of aryl methyl sites for hydroxylation is 1. The van der Waals surface area contributed by atoms with Crippen LogP contribution in [0.5, 0.6) is 5.75 Å². The second-order valence-corrected chi connectivity index (χ2v) is 8.19. The molecule has 0 aliphatic heterocycles. The van der Waals surface area contributed by atoms with Gasteiger partial charge < -0.3 is 10.1 Å². The Morgan fingerprint density at radius 2 is 1.53 bits per heavy atom. The van der Waals surface area contributed by atoms with Gasteiger partial charge in [0, 0.05) is 11.8 Å². The van der Waals surface area contributed by atoms with E-state index in [4.69, 9.17) is 4.74 Å². The van der Waals surface area contributed by atoms with Crippen LogP contribution in [0.4, 0.5) is 11.4 Å². The topological polar surface area (TPSA) is 84.5 Å². The highest BCUT2D eigenvalue weighted by molar-refractivity contribution is 7.92. The standard InChI is InChI=1S/C23H22N2O4S/c1-17-7-3-4-8-20(17)24-23(26)16-13-18-11-14-19(15-12-18)30(27,28)25-21-9-5-6-10-22(21)29-2/h3-16,25H,1-2H3,(H,24,26)/b16-13+. The van der Waals surface area contributed by atoms with E-state index >= 15 is 0 Å². The summed E-state index contributed by atoms with van der Waals surface area (Å²) in [6, 6.07) is 20.5. The van der Waals surface area contributed by atoms with Crippen LogP contribution in [-0.2, 0) is 14.8 Å². The molecule has 3 aromatic rings. The number of hydrogen-bond acceptors (Lipinski definition) is 4. The zero-order valence-electron chi connectivity index (χ0n) is 16.6. The van der Waals surface area contributed by atoms with Crippen molar-refractivity contribution in [1.82, 2.24) is 0 Å². The zero-order valence-corrected chi connectivity index (χ0v) is 17.4. The molecule has 0 heterocycles. The lowest BCUT2D eigenvalue weighted by Crippen LogP contribution is -2.13. The lowest BCUT2D eigenvalue weighted by atomic mass is 10.2. The maximum absolute atomic E-state index is 12.6. The van der Waals surface area contributed by atoms with Gasteiger partial charge in [-0.05, 0) is 54.5 Å². The van der Waals surface area contributed by atoms with Crippen molar-refractivity contribution in [3.05, 3.63) is 90.0 Å². The lowest BCUT2D eigenvalue weighted by molar-refractivity contribution is -0.111. The number of benzene rings is 3. The van der Waals surface area contributed by atoms with Crippen molar-refractivity contribution in [2.75, 3.05) is 17.1 Å². The Morgan fingerprint density at radius 1 is 0.900 bits per heavy atom. The summed E-state index contributed by atoms with van der Waals surface area (Å²) in [5.41, 5.74) is 2.77. The summed E-state index contributed by atoms with van der Waals surface area (Å²) >= 11 is 0. The van der Waals surface area contributed by atoms with Crippen LogP contribution in [0.25, 0.3) is 6.08 Å². The Labute approximate surface area is 176 Å². The highest BCUT2D eigenvalue weighted by Gasteiger charge is 2.16. The summed E-state index contributed by atoms with van der Waals surface area (Å²) in [5.74, 6) is 0.166. The molecular weight excluding hydrogens is 400 g/mol. The average molecular weight is 423 g/mol. The van der Waals surface area contributed by atoms with E-state index in [1.165, 1.54) is 25.3 Å². The smallest absolute Gasteiger partial charge is 0.262 e. The fourth-order valence-electron chi connectivity index (χ4n) is 2.75. The van der Waals surface area contributed by atoms with Crippen LogP contribution in [0.15, 0.2) is 83.8 Å². The first-order valence-electron chi connectivity index (χ1n) is 9.19. The highest BCUT2D eigenvalue weighted by atomic mass is 32.2. The number of amides is 1. The van der Waals surface area contributed by atoms with Gasteiger partial charge in [0.05, 0.1) is 17.7 Å². The Morgan fingerprint density at radius 3 is 2.20 bits per heavy atom. The van der Waals surface area contributed by atoms with Crippen molar-refractivity contribution in [2.24, 2.45) is 0 Å². The number of carbonyl (C=O) groups excluding carboxylic acids is 1. The molecule has 0 unspecified atom stereocenters. The third-order valence-corrected chi connectivity index (χ3v) is 5.75. The molecule has 1 amide bonds. The Bertz CT molecular complexity index is 1170. The van der Waals surface area contributed by atoms with Crippen LogP contribution < -0.4 is 14.8 Å². The van der Waals surface area contributed by atoms with Crippen molar-refractivity contribution in [1.29, 1.82) is 0 Å². The fraction of sp³-hybridized carbons (Fsp3) is 0.0870. The summed E-state index contributed by atoms with van der Waals surface area (Å²) in [6.07, 6.45) is 3.03. The van der Waals surface area contributed by atoms with Crippen molar-refractivity contribution in [2.45, 2.75) is 11.8 Å². The van der Waals surface area contributed by atoms with E-state index in [-0.39, 0.29) is 10.8 Å². The number of anilines is 2. The van der Waals surface area contributed by atoms with E-state index in [0.717, 1.165) is 11.3 Å². The number of hydrogen-bond donors (Lipinski definition) is 2. The average Bonchev–Trinajstić information content (AvgIpc) is 2.74. The minimum absolute atomic E-state index is 0.106.